The SMILES string of the molecule is N#Cc1cc(-c2ccnc(Nc3ccc(N4CCOCC4)cc3)n2)ccc1NC(=O)C1CCOCC1. The second-order valence-corrected chi connectivity index (χ2v) is 8.78. The van der Waals surface area contributed by atoms with Crippen LogP contribution in [-0.2, 0) is 14.3 Å². The summed E-state index contributed by atoms with van der Waals surface area (Å²) in [6.45, 7) is 4.45. The van der Waals surface area contributed by atoms with Crippen LogP contribution in [0.15, 0.2) is 54.7 Å². The molecule has 2 aromatic carbocycles. The molecule has 0 aliphatic carbocycles. The first-order valence-electron chi connectivity index (χ1n) is 12.2. The Labute approximate surface area is 210 Å². The number of nitrogens with zero attached hydrogens (tertiary/aromatic N) is 4. The number of nitrogens with one attached hydrogen (secondary N) is 2. The molecule has 3 heterocycles. The molecule has 184 valence electrons. The zero-order valence-electron chi connectivity index (χ0n) is 19.9. The van der Waals surface area contributed by atoms with Crippen LogP contribution in [0.4, 0.5) is 23.0 Å². The molecule has 2 fully saturated rings. The van der Waals surface area contributed by atoms with Gasteiger partial charge >= 0.3 is 0 Å². The standard InChI is InChI=1S/C27H28N6O3/c28-18-21-17-20(1-6-24(21)31-26(34)19-8-13-35-14-9-19)25-7-10-29-27(32-25)30-22-2-4-23(5-3-22)33-11-15-36-16-12-33/h1-7,10,17,19H,8-9,11-16H2,(H,31,34)(H,29,30,32). The normalized spacial score (nSPS) is 16.2. The van der Waals surface area contributed by atoms with Gasteiger partial charge in [0.2, 0.25) is 11.9 Å². The van der Waals surface area contributed by atoms with Gasteiger partial charge < -0.3 is 25.0 Å². The summed E-state index contributed by atoms with van der Waals surface area (Å²) < 4.78 is 10.8. The van der Waals surface area contributed by atoms with Gasteiger partial charge in [-0.15, -0.1) is 0 Å². The first kappa shape index (κ1) is 23.7. The highest BCUT2D eigenvalue weighted by molar-refractivity contribution is 5.94. The number of hydrogen-bond acceptors (Lipinski definition) is 8. The van der Waals surface area contributed by atoms with E-state index in [9.17, 15) is 10.1 Å². The van der Waals surface area contributed by atoms with Gasteiger partial charge in [-0.3, -0.25) is 4.79 Å². The largest absolute Gasteiger partial charge is 0.381 e. The minimum atomic E-state index is -0.0941. The van der Waals surface area contributed by atoms with Crippen molar-refractivity contribution in [1.29, 1.82) is 5.26 Å². The maximum absolute atomic E-state index is 12.6. The lowest BCUT2D eigenvalue weighted by atomic mass is 9.99. The number of ether oxygens (including phenoxy) is 2. The molecule has 0 bridgehead atoms. The molecule has 3 aromatic rings. The van der Waals surface area contributed by atoms with Crippen LogP contribution < -0.4 is 15.5 Å². The van der Waals surface area contributed by atoms with Crippen LogP contribution in [0.5, 0.6) is 0 Å². The van der Waals surface area contributed by atoms with Crippen molar-refractivity contribution in [3.05, 3.63) is 60.3 Å². The molecule has 1 amide bonds. The van der Waals surface area contributed by atoms with Crippen LogP contribution in [0.1, 0.15) is 18.4 Å². The average Bonchev–Trinajstić information content (AvgIpc) is 2.95. The molecule has 0 unspecified atom stereocenters. The topological polar surface area (TPSA) is 112 Å². The number of anilines is 4. The molecule has 0 atom stereocenters. The van der Waals surface area contributed by atoms with E-state index in [2.05, 4.69) is 43.7 Å². The predicted molar refractivity (Wildman–Crippen MR) is 137 cm³/mol. The van der Waals surface area contributed by atoms with Gasteiger partial charge in [0.25, 0.3) is 0 Å². The Balaban J connectivity index is 1.28. The number of rotatable bonds is 6. The molecule has 9 heteroatoms. The predicted octanol–water partition coefficient (Wildman–Crippen LogP) is 3.96. The molecule has 2 aliphatic rings. The van der Waals surface area contributed by atoms with E-state index in [0.717, 1.165) is 43.2 Å². The van der Waals surface area contributed by atoms with Crippen molar-refractivity contribution in [2.75, 3.05) is 55.1 Å². The zero-order chi connectivity index (χ0) is 24.7. The third kappa shape index (κ3) is 5.62. The van der Waals surface area contributed by atoms with Gasteiger partial charge in [-0.05, 0) is 55.3 Å². The van der Waals surface area contributed by atoms with E-state index < -0.39 is 0 Å². The van der Waals surface area contributed by atoms with Gasteiger partial charge in [-0.1, -0.05) is 6.07 Å². The first-order valence-corrected chi connectivity index (χ1v) is 12.2. The fourth-order valence-electron chi connectivity index (χ4n) is 4.39. The Morgan fingerprint density at radius 2 is 1.75 bits per heavy atom. The van der Waals surface area contributed by atoms with Gasteiger partial charge in [0.05, 0.1) is 30.2 Å². The van der Waals surface area contributed by atoms with Crippen LogP contribution in [0, 0.1) is 17.2 Å². The molecule has 0 saturated carbocycles. The van der Waals surface area contributed by atoms with Gasteiger partial charge in [0, 0.05) is 55.4 Å². The number of nitriles is 1. The molecule has 9 nitrogen and oxygen atoms in total. The molecule has 1 aromatic heterocycles. The fraction of sp³-hybridized carbons (Fsp3) is 0.333. The summed E-state index contributed by atoms with van der Waals surface area (Å²) in [5.41, 5.74) is 4.38. The Bertz CT molecular complexity index is 1250. The van der Waals surface area contributed by atoms with Gasteiger partial charge in [0.15, 0.2) is 0 Å². The number of carbonyl (C=O) groups is 1. The summed E-state index contributed by atoms with van der Waals surface area (Å²) in [6, 6.07) is 17.5. The number of aromatic nitrogens is 2. The van der Waals surface area contributed by atoms with Crippen molar-refractivity contribution in [2.45, 2.75) is 12.8 Å². The third-order valence-corrected chi connectivity index (χ3v) is 6.44. The summed E-state index contributed by atoms with van der Waals surface area (Å²) in [5, 5.41) is 15.9. The third-order valence-electron chi connectivity index (χ3n) is 6.44. The summed E-state index contributed by atoms with van der Waals surface area (Å²) in [6.07, 6.45) is 3.07. The second-order valence-electron chi connectivity index (χ2n) is 8.78. The van der Waals surface area contributed by atoms with Gasteiger partial charge in [0.1, 0.15) is 6.07 Å². The highest BCUT2D eigenvalue weighted by Crippen LogP contribution is 2.27. The number of benzene rings is 2. The number of hydrogen-bond donors (Lipinski definition) is 2. The minimum absolute atomic E-state index is 0.0734. The number of carbonyl (C=O) groups excluding carboxylic acids is 1. The van der Waals surface area contributed by atoms with Crippen LogP contribution in [0.25, 0.3) is 11.3 Å². The van der Waals surface area contributed by atoms with Crippen molar-refractivity contribution in [1.82, 2.24) is 9.97 Å². The smallest absolute Gasteiger partial charge is 0.227 e. The summed E-state index contributed by atoms with van der Waals surface area (Å²) in [5.74, 6) is 0.293. The molecular formula is C27H28N6O3. The van der Waals surface area contributed by atoms with E-state index >= 15 is 0 Å². The Morgan fingerprint density at radius 3 is 2.50 bits per heavy atom. The zero-order valence-corrected chi connectivity index (χ0v) is 19.9. The number of amides is 1. The quantitative estimate of drug-likeness (QED) is 0.541. The van der Waals surface area contributed by atoms with E-state index in [1.165, 1.54) is 0 Å². The van der Waals surface area contributed by atoms with E-state index in [1.54, 1.807) is 24.4 Å². The maximum Gasteiger partial charge on any atom is 0.227 e. The van der Waals surface area contributed by atoms with E-state index in [4.69, 9.17) is 9.47 Å². The van der Waals surface area contributed by atoms with Crippen molar-refractivity contribution in [3.8, 4) is 17.3 Å². The van der Waals surface area contributed by atoms with Crippen molar-refractivity contribution >= 4 is 28.9 Å². The lowest BCUT2D eigenvalue weighted by molar-refractivity contribution is -0.122. The van der Waals surface area contributed by atoms with Crippen LogP contribution in [0.3, 0.4) is 0 Å². The van der Waals surface area contributed by atoms with Crippen molar-refractivity contribution in [2.24, 2.45) is 5.92 Å². The molecule has 5 rings (SSSR count). The Morgan fingerprint density at radius 1 is 1.00 bits per heavy atom. The van der Waals surface area contributed by atoms with Crippen LogP contribution >= 0.6 is 0 Å². The minimum Gasteiger partial charge on any atom is -0.381 e. The lowest BCUT2D eigenvalue weighted by Gasteiger charge is -2.28. The molecule has 2 aliphatic heterocycles. The molecule has 2 N–H and O–H groups in total. The average molecular weight is 485 g/mol. The second kappa shape index (κ2) is 11.2. The molecule has 2 saturated heterocycles. The highest BCUT2D eigenvalue weighted by atomic mass is 16.5. The Hall–Kier alpha value is -4.00. The van der Waals surface area contributed by atoms with Gasteiger partial charge in [-0.25, -0.2) is 9.97 Å². The highest BCUT2D eigenvalue weighted by Gasteiger charge is 2.22. The molecule has 0 radical (unpaired) electrons. The van der Waals surface area contributed by atoms with Crippen molar-refractivity contribution < 1.29 is 14.3 Å². The van der Waals surface area contributed by atoms with E-state index in [0.29, 0.717) is 48.9 Å². The number of morpholine rings is 1. The molecule has 0 spiro atoms. The van der Waals surface area contributed by atoms with Gasteiger partial charge in [-0.2, -0.15) is 5.26 Å². The summed E-state index contributed by atoms with van der Waals surface area (Å²) in [4.78, 5) is 23.9. The first-order chi connectivity index (χ1) is 17.7. The van der Waals surface area contributed by atoms with Crippen molar-refractivity contribution in [3.63, 3.8) is 0 Å². The monoisotopic (exact) mass is 484 g/mol. The molecule has 36 heavy (non-hydrogen) atoms. The Kier molecular flexibility index (Phi) is 7.36. The van der Waals surface area contributed by atoms with E-state index in [-0.39, 0.29) is 11.8 Å². The lowest BCUT2D eigenvalue weighted by Crippen LogP contribution is -2.36. The van der Waals surface area contributed by atoms with Crippen LogP contribution in [-0.4, -0.2) is 55.4 Å². The maximum atomic E-state index is 12.6. The molecular weight excluding hydrogens is 456 g/mol. The van der Waals surface area contributed by atoms with E-state index in [1.807, 2.05) is 18.2 Å². The summed E-state index contributed by atoms with van der Waals surface area (Å²) in [7, 11) is 0. The summed E-state index contributed by atoms with van der Waals surface area (Å²) >= 11 is 0. The fourth-order valence-corrected chi connectivity index (χ4v) is 4.39. The van der Waals surface area contributed by atoms with Crippen LogP contribution in [0.2, 0.25) is 0 Å².